The summed E-state index contributed by atoms with van der Waals surface area (Å²) in [5.41, 5.74) is 2.75. The Morgan fingerprint density at radius 3 is 2.30 bits per heavy atom. The Hall–Kier alpha value is -3.42. The normalized spacial score (nSPS) is 11.6. The van der Waals surface area contributed by atoms with Crippen LogP contribution in [0.5, 0.6) is 5.75 Å². The minimum Gasteiger partial charge on any atom is -0.491 e. The quantitative estimate of drug-likeness (QED) is 0.189. The molecule has 0 aliphatic heterocycles. The van der Waals surface area contributed by atoms with E-state index in [2.05, 4.69) is 0 Å². The molecule has 0 bridgehead atoms. The lowest BCUT2D eigenvalue weighted by Crippen LogP contribution is -2.13. The van der Waals surface area contributed by atoms with Gasteiger partial charge in [-0.3, -0.25) is 8.98 Å². The van der Waals surface area contributed by atoms with Gasteiger partial charge >= 0.3 is 0 Å². The summed E-state index contributed by atoms with van der Waals surface area (Å²) in [6.07, 6.45) is 0.614. The second-order valence-corrected chi connectivity index (χ2v) is 9.16. The third-order valence-corrected chi connectivity index (χ3v) is 6.56. The van der Waals surface area contributed by atoms with Crippen molar-refractivity contribution >= 4 is 26.9 Å². The predicted octanol–water partition coefficient (Wildman–Crippen LogP) is 5.32. The maximum atomic E-state index is 13.2. The number of ketones is 1. The fourth-order valence-electron chi connectivity index (χ4n) is 3.52. The van der Waals surface area contributed by atoms with E-state index in [1.165, 1.54) is 12.1 Å². The van der Waals surface area contributed by atoms with Crippen LogP contribution in [-0.2, 0) is 20.7 Å². The van der Waals surface area contributed by atoms with E-state index in [9.17, 15) is 13.2 Å². The summed E-state index contributed by atoms with van der Waals surface area (Å²) in [5.74, 6) is 1.06. The van der Waals surface area contributed by atoms with Crippen LogP contribution < -0.4 is 4.74 Å². The molecule has 1 aromatic heterocycles. The average molecular weight is 465 g/mol. The second-order valence-electron chi connectivity index (χ2n) is 7.54. The van der Waals surface area contributed by atoms with Gasteiger partial charge in [-0.25, -0.2) is 0 Å². The molecule has 4 aromatic rings. The highest BCUT2D eigenvalue weighted by Crippen LogP contribution is 2.29. The standard InChI is InChI=1S/C26H24O6S/c1-3-23-25(22-6-4-5-7-24(22)32-23)26(27)19-10-12-20(13-11-19)30-16-17-31-33(28,29)21-14-8-18(2)9-15-21/h4-15H,3,16-17H2,1-2H3. The molecular formula is C26H24O6S. The van der Waals surface area contributed by atoms with Crippen LogP contribution >= 0.6 is 0 Å². The smallest absolute Gasteiger partial charge is 0.297 e. The van der Waals surface area contributed by atoms with Crippen molar-refractivity contribution in [3.63, 3.8) is 0 Å². The SMILES string of the molecule is CCc1oc2ccccc2c1C(=O)c1ccc(OCCOS(=O)(=O)c2ccc(C)cc2)cc1. The number of rotatable bonds is 9. The lowest BCUT2D eigenvalue weighted by atomic mass is 9.99. The molecule has 0 aliphatic carbocycles. The lowest BCUT2D eigenvalue weighted by molar-refractivity contribution is 0.103. The van der Waals surface area contributed by atoms with Crippen molar-refractivity contribution < 1.29 is 26.5 Å². The van der Waals surface area contributed by atoms with Gasteiger partial charge < -0.3 is 9.15 Å². The molecule has 4 rings (SSSR count). The summed E-state index contributed by atoms with van der Waals surface area (Å²) in [7, 11) is -3.83. The monoisotopic (exact) mass is 464 g/mol. The van der Waals surface area contributed by atoms with Crippen LogP contribution in [0.25, 0.3) is 11.0 Å². The van der Waals surface area contributed by atoms with Gasteiger partial charge in [-0.2, -0.15) is 8.42 Å². The molecule has 33 heavy (non-hydrogen) atoms. The Bertz CT molecular complexity index is 1370. The van der Waals surface area contributed by atoms with E-state index in [0.29, 0.717) is 34.6 Å². The molecule has 170 valence electrons. The number of hydrogen-bond acceptors (Lipinski definition) is 6. The van der Waals surface area contributed by atoms with Gasteiger partial charge in [0.2, 0.25) is 0 Å². The Kier molecular flexibility index (Phi) is 6.62. The zero-order valence-corrected chi connectivity index (χ0v) is 19.2. The van der Waals surface area contributed by atoms with E-state index in [-0.39, 0.29) is 23.9 Å². The molecule has 0 amide bonds. The maximum Gasteiger partial charge on any atom is 0.297 e. The van der Waals surface area contributed by atoms with Gasteiger partial charge in [-0.05, 0) is 49.4 Å². The Morgan fingerprint density at radius 2 is 1.61 bits per heavy atom. The van der Waals surface area contributed by atoms with Crippen LogP contribution in [0.3, 0.4) is 0 Å². The molecule has 7 heteroatoms. The first-order valence-electron chi connectivity index (χ1n) is 10.6. The van der Waals surface area contributed by atoms with Gasteiger partial charge in [-0.15, -0.1) is 0 Å². The predicted molar refractivity (Wildman–Crippen MR) is 125 cm³/mol. The fourth-order valence-corrected chi connectivity index (χ4v) is 4.41. The number of para-hydroxylation sites is 1. The van der Waals surface area contributed by atoms with Crippen molar-refractivity contribution in [2.75, 3.05) is 13.2 Å². The number of hydrogen-bond donors (Lipinski definition) is 0. The van der Waals surface area contributed by atoms with E-state index in [1.807, 2.05) is 38.1 Å². The molecule has 0 fully saturated rings. The average Bonchev–Trinajstić information content (AvgIpc) is 3.21. The van der Waals surface area contributed by atoms with Gasteiger partial charge in [0.15, 0.2) is 5.78 Å². The number of benzene rings is 3. The first kappa shape index (κ1) is 22.8. The Morgan fingerprint density at radius 1 is 0.909 bits per heavy atom. The number of aryl methyl sites for hydroxylation is 2. The molecule has 3 aromatic carbocycles. The molecule has 0 saturated heterocycles. The topological polar surface area (TPSA) is 82.8 Å². The minimum absolute atomic E-state index is 0.0464. The second kappa shape index (κ2) is 9.60. The van der Waals surface area contributed by atoms with Crippen LogP contribution in [0.4, 0.5) is 0 Å². The van der Waals surface area contributed by atoms with E-state index in [1.54, 1.807) is 36.4 Å². The highest BCUT2D eigenvalue weighted by Gasteiger charge is 2.21. The van der Waals surface area contributed by atoms with Crippen molar-refractivity contribution in [3.8, 4) is 5.75 Å². The summed E-state index contributed by atoms with van der Waals surface area (Å²) in [5, 5.41) is 0.798. The summed E-state index contributed by atoms with van der Waals surface area (Å²) in [6.45, 7) is 3.75. The summed E-state index contributed by atoms with van der Waals surface area (Å²) in [4.78, 5) is 13.3. The zero-order valence-electron chi connectivity index (χ0n) is 18.4. The third kappa shape index (κ3) is 4.99. The molecule has 0 spiro atoms. The minimum atomic E-state index is -3.83. The molecule has 6 nitrogen and oxygen atoms in total. The highest BCUT2D eigenvalue weighted by atomic mass is 32.2. The molecule has 0 saturated carbocycles. The van der Waals surface area contributed by atoms with Crippen molar-refractivity contribution in [3.05, 3.63) is 95.2 Å². The first-order chi connectivity index (χ1) is 15.9. The maximum absolute atomic E-state index is 13.2. The summed E-state index contributed by atoms with van der Waals surface area (Å²) in [6, 6.07) is 20.7. The Labute approximate surface area is 192 Å². The third-order valence-electron chi connectivity index (χ3n) is 5.23. The molecule has 0 aliphatic rings. The van der Waals surface area contributed by atoms with Gasteiger partial charge in [0.05, 0.1) is 10.5 Å². The molecule has 0 radical (unpaired) electrons. The van der Waals surface area contributed by atoms with Gasteiger partial charge in [-0.1, -0.05) is 42.8 Å². The number of carbonyl (C=O) groups excluding carboxylic acids is 1. The lowest BCUT2D eigenvalue weighted by Gasteiger charge is -2.09. The van der Waals surface area contributed by atoms with E-state index in [4.69, 9.17) is 13.3 Å². The van der Waals surface area contributed by atoms with E-state index in [0.717, 1.165) is 10.9 Å². The van der Waals surface area contributed by atoms with E-state index < -0.39 is 10.1 Å². The van der Waals surface area contributed by atoms with Crippen LogP contribution in [0, 0.1) is 6.92 Å². The number of carbonyl (C=O) groups is 1. The summed E-state index contributed by atoms with van der Waals surface area (Å²) >= 11 is 0. The molecular weight excluding hydrogens is 440 g/mol. The van der Waals surface area contributed by atoms with Crippen LogP contribution in [0.15, 0.2) is 82.1 Å². The molecule has 0 unspecified atom stereocenters. The van der Waals surface area contributed by atoms with Gasteiger partial charge in [0.1, 0.15) is 30.3 Å². The van der Waals surface area contributed by atoms with Crippen molar-refractivity contribution in [1.29, 1.82) is 0 Å². The Balaban J connectivity index is 1.38. The first-order valence-corrected chi connectivity index (χ1v) is 12.0. The van der Waals surface area contributed by atoms with Gasteiger partial charge in [0.25, 0.3) is 10.1 Å². The largest absolute Gasteiger partial charge is 0.491 e. The number of fused-ring (bicyclic) bond motifs is 1. The highest BCUT2D eigenvalue weighted by molar-refractivity contribution is 7.86. The van der Waals surface area contributed by atoms with Crippen molar-refractivity contribution in [2.45, 2.75) is 25.2 Å². The van der Waals surface area contributed by atoms with Crippen LogP contribution in [0.1, 0.15) is 34.2 Å². The number of furan rings is 1. The molecule has 1 heterocycles. The van der Waals surface area contributed by atoms with Crippen LogP contribution in [-0.4, -0.2) is 27.4 Å². The van der Waals surface area contributed by atoms with Crippen molar-refractivity contribution in [2.24, 2.45) is 0 Å². The number of ether oxygens (including phenoxy) is 1. The fraction of sp³-hybridized carbons (Fsp3) is 0.192. The molecule has 0 N–H and O–H groups in total. The van der Waals surface area contributed by atoms with Crippen LogP contribution in [0.2, 0.25) is 0 Å². The zero-order chi connectivity index (χ0) is 23.4. The van der Waals surface area contributed by atoms with Crippen molar-refractivity contribution in [1.82, 2.24) is 0 Å². The van der Waals surface area contributed by atoms with E-state index >= 15 is 0 Å². The molecule has 0 atom stereocenters. The van der Waals surface area contributed by atoms with Gasteiger partial charge in [0, 0.05) is 17.4 Å². The summed E-state index contributed by atoms with van der Waals surface area (Å²) < 4.78 is 40.9.